The predicted octanol–water partition coefficient (Wildman–Crippen LogP) is -1.14. The van der Waals surface area contributed by atoms with E-state index in [1.807, 2.05) is 0 Å². The van der Waals surface area contributed by atoms with Crippen LogP contribution in [0.25, 0.3) is 0 Å². The first kappa shape index (κ1) is 16.9. The van der Waals surface area contributed by atoms with Crippen LogP contribution in [0.2, 0.25) is 0 Å². The lowest BCUT2D eigenvalue weighted by Gasteiger charge is -1.74. The molecule has 0 fully saturated rings. The van der Waals surface area contributed by atoms with Crippen LogP contribution in [0.5, 0.6) is 0 Å². The molecule has 0 saturated carbocycles. The number of rotatable bonds is 2. The number of nitrogens with two attached hydrogens (primary N) is 2. The third-order valence-corrected chi connectivity index (χ3v) is 0.368. The molecule has 0 atom stereocenters. The number of aliphatic carboxylic acids is 2. The van der Waals surface area contributed by atoms with Gasteiger partial charge in [-0.2, -0.15) is 0 Å². The molecule has 0 bridgehead atoms. The number of hydrogen-bond acceptors (Lipinski definition) is 4. The summed E-state index contributed by atoms with van der Waals surface area (Å²) in [7, 11) is 3.00. The maximum atomic E-state index is 9.55. The third-order valence-electron chi connectivity index (χ3n) is 0.368. The fourth-order valence-corrected chi connectivity index (χ4v) is 0.143. The average molecular weight is 178 g/mol. The van der Waals surface area contributed by atoms with Gasteiger partial charge in [-0.15, -0.1) is 0 Å². The maximum absolute atomic E-state index is 9.55. The first-order chi connectivity index (χ1) is 5.63. The molecule has 0 unspecified atom stereocenters. The van der Waals surface area contributed by atoms with E-state index < -0.39 is 11.9 Å². The highest BCUT2D eigenvalue weighted by Gasteiger charge is 1.88. The fraction of sp³-hybridized carbons (Fsp3) is 0.333. The molecule has 0 aliphatic heterocycles. The van der Waals surface area contributed by atoms with Crippen molar-refractivity contribution in [2.24, 2.45) is 11.5 Å². The van der Waals surface area contributed by atoms with Crippen molar-refractivity contribution in [2.45, 2.75) is 0 Å². The molecular formula is C6H14N2O4. The highest BCUT2D eigenvalue weighted by molar-refractivity contribution is 5.89. The standard InChI is InChI=1S/C4H4O4.2CH5N/c5-3(6)1-2-4(7)8;2*1-2/h1-2H,(H,5,6)(H,7,8);2*2H2,1H3. The molecule has 0 spiro atoms. The van der Waals surface area contributed by atoms with Gasteiger partial charge in [0.2, 0.25) is 0 Å². The van der Waals surface area contributed by atoms with Crippen molar-refractivity contribution in [1.29, 1.82) is 0 Å². The zero-order valence-electron chi connectivity index (χ0n) is 7.02. The highest BCUT2D eigenvalue weighted by atomic mass is 16.4. The summed E-state index contributed by atoms with van der Waals surface area (Å²) in [5, 5.41) is 15.6. The van der Waals surface area contributed by atoms with Gasteiger partial charge in [-0.3, -0.25) is 0 Å². The second-order valence-corrected chi connectivity index (χ2v) is 1.01. The maximum Gasteiger partial charge on any atom is 0.328 e. The van der Waals surface area contributed by atoms with Crippen LogP contribution in [-0.4, -0.2) is 36.2 Å². The van der Waals surface area contributed by atoms with E-state index in [2.05, 4.69) is 11.5 Å². The monoisotopic (exact) mass is 178 g/mol. The normalized spacial score (nSPS) is 7.33. The SMILES string of the molecule is CN.CN.O=C(O)C=CC(=O)O. The second kappa shape index (κ2) is 16.3. The van der Waals surface area contributed by atoms with E-state index in [0.717, 1.165) is 0 Å². The molecule has 0 aromatic carbocycles. The van der Waals surface area contributed by atoms with E-state index in [-0.39, 0.29) is 0 Å². The van der Waals surface area contributed by atoms with E-state index >= 15 is 0 Å². The molecule has 0 aromatic rings. The van der Waals surface area contributed by atoms with E-state index in [1.165, 1.54) is 14.1 Å². The quantitative estimate of drug-likeness (QED) is 0.396. The summed E-state index contributed by atoms with van der Waals surface area (Å²) in [4.78, 5) is 19.1. The minimum Gasteiger partial charge on any atom is -0.478 e. The lowest BCUT2D eigenvalue weighted by molar-refractivity contribution is -0.134. The molecule has 12 heavy (non-hydrogen) atoms. The van der Waals surface area contributed by atoms with Gasteiger partial charge in [-0.05, 0) is 14.1 Å². The fourth-order valence-electron chi connectivity index (χ4n) is 0.143. The highest BCUT2D eigenvalue weighted by Crippen LogP contribution is 1.70. The summed E-state index contributed by atoms with van der Waals surface area (Å²) in [5.41, 5.74) is 9.00. The number of carboxylic acids is 2. The van der Waals surface area contributed by atoms with Gasteiger partial charge in [0.15, 0.2) is 0 Å². The molecule has 0 rings (SSSR count). The lowest BCUT2D eigenvalue weighted by Crippen LogP contribution is -1.91. The van der Waals surface area contributed by atoms with Crippen LogP contribution >= 0.6 is 0 Å². The number of hydrogen-bond donors (Lipinski definition) is 4. The molecule has 72 valence electrons. The van der Waals surface area contributed by atoms with Crippen molar-refractivity contribution in [3.05, 3.63) is 12.2 Å². The van der Waals surface area contributed by atoms with E-state index in [4.69, 9.17) is 10.2 Å². The Kier molecular flexibility index (Phi) is 23.0. The smallest absolute Gasteiger partial charge is 0.328 e. The van der Waals surface area contributed by atoms with Crippen LogP contribution in [0.4, 0.5) is 0 Å². The van der Waals surface area contributed by atoms with Gasteiger partial charge in [0, 0.05) is 12.2 Å². The minimum atomic E-state index is -1.26. The van der Waals surface area contributed by atoms with Gasteiger partial charge in [-0.1, -0.05) is 0 Å². The van der Waals surface area contributed by atoms with Crippen LogP contribution in [-0.2, 0) is 9.59 Å². The average Bonchev–Trinajstić information content (AvgIpc) is 2.08. The molecule has 6 heteroatoms. The predicted molar refractivity (Wildman–Crippen MR) is 44.6 cm³/mol. The summed E-state index contributed by atoms with van der Waals surface area (Å²) in [5.74, 6) is -2.51. The van der Waals surface area contributed by atoms with Gasteiger partial charge < -0.3 is 21.7 Å². The molecule has 0 heterocycles. The van der Waals surface area contributed by atoms with Gasteiger partial charge in [0.25, 0.3) is 0 Å². The molecule has 0 aliphatic rings. The van der Waals surface area contributed by atoms with Crippen LogP contribution in [0, 0.1) is 0 Å². The topological polar surface area (TPSA) is 127 Å². The lowest BCUT2D eigenvalue weighted by atomic mass is 10.5. The summed E-state index contributed by atoms with van der Waals surface area (Å²) in [6, 6.07) is 0. The largest absolute Gasteiger partial charge is 0.478 e. The van der Waals surface area contributed by atoms with Crippen molar-refractivity contribution >= 4 is 11.9 Å². The number of carbonyl (C=O) groups is 2. The molecule has 0 aromatic heterocycles. The molecule has 0 amide bonds. The molecule has 0 radical (unpaired) electrons. The summed E-state index contributed by atoms with van der Waals surface area (Å²) in [6.07, 6.45) is 1.12. The van der Waals surface area contributed by atoms with Crippen molar-refractivity contribution in [3.8, 4) is 0 Å². The van der Waals surface area contributed by atoms with Crippen molar-refractivity contribution in [3.63, 3.8) is 0 Å². The molecule has 6 nitrogen and oxygen atoms in total. The first-order valence-electron chi connectivity index (χ1n) is 2.92. The Balaban J connectivity index is -0.000000175. The van der Waals surface area contributed by atoms with Crippen molar-refractivity contribution < 1.29 is 19.8 Å². The van der Waals surface area contributed by atoms with Gasteiger partial charge in [0.05, 0.1) is 0 Å². The Morgan fingerprint density at radius 1 is 0.917 bits per heavy atom. The van der Waals surface area contributed by atoms with Gasteiger partial charge in [-0.25, -0.2) is 9.59 Å². The minimum absolute atomic E-state index is 0.558. The van der Waals surface area contributed by atoms with Crippen LogP contribution < -0.4 is 11.5 Å². The zero-order chi connectivity index (χ0) is 10.6. The third kappa shape index (κ3) is 38.3. The Morgan fingerprint density at radius 3 is 1.17 bits per heavy atom. The summed E-state index contributed by atoms with van der Waals surface area (Å²) >= 11 is 0. The van der Waals surface area contributed by atoms with Crippen molar-refractivity contribution in [1.82, 2.24) is 0 Å². The van der Waals surface area contributed by atoms with Crippen LogP contribution in [0.15, 0.2) is 12.2 Å². The Hall–Kier alpha value is -1.40. The zero-order valence-corrected chi connectivity index (χ0v) is 7.02. The Bertz CT molecular complexity index is 128. The van der Waals surface area contributed by atoms with Gasteiger partial charge in [0.1, 0.15) is 0 Å². The second-order valence-electron chi connectivity index (χ2n) is 1.01. The molecule has 0 saturated heterocycles. The molecule has 0 aliphatic carbocycles. The number of carboxylic acid groups (broad SMARTS) is 2. The van der Waals surface area contributed by atoms with Gasteiger partial charge >= 0.3 is 11.9 Å². The Labute approximate surface area is 70.5 Å². The van der Waals surface area contributed by atoms with E-state index in [1.54, 1.807) is 0 Å². The van der Waals surface area contributed by atoms with E-state index in [9.17, 15) is 9.59 Å². The first-order valence-corrected chi connectivity index (χ1v) is 2.92. The van der Waals surface area contributed by atoms with Crippen LogP contribution in [0.3, 0.4) is 0 Å². The van der Waals surface area contributed by atoms with Crippen molar-refractivity contribution in [2.75, 3.05) is 14.1 Å². The Morgan fingerprint density at radius 2 is 1.08 bits per heavy atom. The molecule has 6 N–H and O–H groups in total. The van der Waals surface area contributed by atoms with Crippen LogP contribution in [0.1, 0.15) is 0 Å². The summed E-state index contributed by atoms with van der Waals surface area (Å²) < 4.78 is 0. The molecular weight excluding hydrogens is 164 g/mol. The van der Waals surface area contributed by atoms with E-state index in [0.29, 0.717) is 12.2 Å². The summed E-state index contributed by atoms with van der Waals surface area (Å²) in [6.45, 7) is 0.